The van der Waals surface area contributed by atoms with Gasteiger partial charge in [0, 0.05) is 47.9 Å². The topological polar surface area (TPSA) is 81.2 Å². The van der Waals surface area contributed by atoms with E-state index in [4.69, 9.17) is 11.6 Å². The lowest BCUT2D eigenvalue weighted by molar-refractivity contribution is -0.139. The number of unbranched alkanes of at least 4 members (excludes halogenated alkanes) is 1. The van der Waals surface area contributed by atoms with Gasteiger partial charge in [0.1, 0.15) is 6.04 Å². The fraction of sp³-hybridized carbons (Fsp3) is 0.424. The molecule has 2 aromatic carbocycles. The number of nitrogens with zero attached hydrogens (tertiary/aromatic N) is 3. The highest BCUT2D eigenvalue weighted by Crippen LogP contribution is 2.69. The third kappa shape index (κ3) is 5.07. The Balaban J connectivity index is 1.57. The minimum atomic E-state index is -0.753. The van der Waals surface area contributed by atoms with Crippen molar-refractivity contribution in [3.8, 4) is 0 Å². The summed E-state index contributed by atoms with van der Waals surface area (Å²) in [6.07, 6.45) is 5.21. The normalized spacial score (nSPS) is 27.5. The number of hydrogen-bond acceptors (Lipinski definition) is 5. The number of carbonyl (C=O) groups is 3. The maximum atomic E-state index is 14.7. The van der Waals surface area contributed by atoms with E-state index in [1.165, 1.54) is 0 Å². The number of fused-ring (bicyclic) bond motifs is 1. The van der Waals surface area contributed by atoms with Crippen molar-refractivity contribution in [3.05, 3.63) is 84.9 Å². The zero-order chi connectivity index (χ0) is 30.0. The van der Waals surface area contributed by atoms with Gasteiger partial charge in [-0.25, -0.2) is 0 Å². The third-order valence-corrected chi connectivity index (χ3v) is 11.3. The van der Waals surface area contributed by atoms with E-state index in [0.717, 1.165) is 12.1 Å². The van der Waals surface area contributed by atoms with Crippen molar-refractivity contribution < 1.29 is 19.5 Å². The van der Waals surface area contributed by atoms with E-state index in [2.05, 4.69) is 20.1 Å². The number of para-hydroxylation sites is 1. The first kappa shape index (κ1) is 30.4. The van der Waals surface area contributed by atoms with E-state index in [0.29, 0.717) is 36.6 Å². The molecule has 0 radical (unpaired) electrons. The molecule has 6 atom stereocenters. The molecule has 3 fully saturated rings. The molecule has 3 aliphatic heterocycles. The van der Waals surface area contributed by atoms with Crippen LogP contribution < -0.4 is 9.80 Å². The third-order valence-electron chi connectivity index (χ3n) is 8.93. The van der Waals surface area contributed by atoms with Crippen LogP contribution in [0, 0.1) is 17.8 Å². The zero-order valence-corrected chi connectivity index (χ0v) is 25.5. The smallest absolute Gasteiger partial charge is 0.251 e. The molecule has 0 saturated carbocycles. The zero-order valence-electron chi connectivity index (χ0n) is 23.9. The number of amides is 3. The van der Waals surface area contributed by atoms with Crippen LogP contribution in [0.4, 0.5) is 11.4 Å². The molecule has 7 nitrogen and oxygen atoms in total. The van der Waals surface area contributed by atoms with Crippen LogP contribution >= 0.6 is 23.4 Å². The summed E-state index contributed by atoms with van der Waals surface area (Å²) < 4.78 is -0.749. The first-order valence-electron chi connectivity index (χ1n) is 14.5. The van der Waals surface area contributed by atoms with Crippen molar-refractivity contribution in [2.75, 3.05) is 36.0 Å². The highest BCUT2D eigenvalue weighted by molar-refractivity contribution is 8.02. The molecule has 9 heteroatoms. The summed E-state index contributed by atoms with van der Waals surface area (Å²) in [4.78, 5) is 48.6. The second kappa shape index (κ2) is 12.7. The molecule has 0 aliphatic carbocycles. The predicted molar refractivity (Wildman–Crippen MR) is 170 cm³/mol. The molecule has 3 aliphatic rings. The van der Waals surface area contributed by atoms with Gasteiger partial charge in [-0.1, -0.05) is 48.9 Å². The summed E-state index contributed by atoms with van der Waals surface area (Å²) in [5.41, 5.74) is 1.43. The van der Waals surface area contributed by atoms with Gasteiger partial charge in [0.15, 0.2) is 0 Å². The lowest BCUT2D eigenvalue weighted by Gasteiger charge is -2.41. The Morgan fingerprint density at radius 2 is 1.64 bits per heavy atom. The Labute approximate surface area is 257 Å². The van der Waals surface area contributed by atoms with Crippen LogP contribution in [0.15, 0.2) is 79.9 Å². The van der Waals surface area contributed by atoms with E-state index in [9.17, 15) is 19.5 Å². The number of halogens is 1. The molecule has 5 rings (SSSR count). The van der Waals surface area contributed by atoms with E-state index in [1.54, 1.807) is 62.9 Å². The molecular weight excluding hydrogens is 570 g/mol. The molecule has 3 amide bonds. The van der Waals surface area contributed by atoms with Crippen LogP contribution in [0.1, 0.15) is 26.2 Å². The average molecular weight is 608 g/mol. The summed E-state index contributed by atoms with van der Waals surface area (Å²) in [7, 11) is 0. The van der Waals surface area contributed by atoms with Crippen LogP contribution in [0.3, 0.4) is 0 Å². The fourth-order valence-electron chi connectivity index (χ4n) is 7.18. The molecule has 0 aromatic heterocycles. The Bertz CT molecular complexity index is 1340. The quantitative estimate of drug-likeness (QED) is 0.265. The Morgan fingerprint density at radius 3 is 2.26 bits per heavy atom. The van der Waals surface area contributed by atoms with Crippen LogP contribution in [0.2, 0.25) is 5.02 Å². The standard InChI is InChI=1S/C33H38ClN3O4S/c1-4-17-35(24-11-7-6-8-12-24)30(39)27-26-21-22(3)33(42-26)28(27)31(40)37(19-9-10-20-38)29(33)32(41)36(18-5-2)25-15-13-23(34)14-16-25/h4-8,11-16,22,26-29,38H,1-2,9-10,17-21H2,3H3/t22?,26-,27+,28+,29?,33?/m1/s1. The van der Waals surface area contributed by atoms with Crippen molar-refractivity contribution in [1.29, 1.82) is 0 Å². The summed E-state index contributed by atoms with van der Waals surface area (Å²) in [6, 6.07) is 15.8. The first-order valence-corrected chi connectivity index (χ1v) is 15.8. The Morgan fingerprint density at radius 1 is 1.02 bits per heavy atom. The van der Waals surface area contributed by atoms with Gasteiger partial charge in [0.2, 0.25) is 11.8 Å². The summed E-state index contributed by atoms with van der Waals surface area (Å²) in [5.74, 6) is -1.57. The van der Waals surface area contributed by atoms with E-state index < -0.39 is 22.6 Å². The van der Waals surface area contributed by atoms with Gasteiger partial charge in [-0.2, -0.15) is 0 Å². The highest BCUT2D eigenvalue weighted by atomic mass is 35.5. The van der Waals surface area contributed by atoms with Gasteiger partial charge in [0.05, 0.1) is 16.6 Å². The number of benzene rings is 2. The summed E-state index contributed by atoms with van der Waals surface area (Å²) in [6.45, 7) is 10.8. The SMILES string of the molecule is C=CCN(C(=O)C1N(CCCCO)C(=O)[C@@H]2[C@@H](C(=O)N(CC=C)c3ccccc3)[C@H]3CC(C)C12S3)c1ccc(Cl)cc1. The molecular formula is C33H38ClN3O4S. The van der Waals surface area contributed by atoms with Gasteiger partial charge >= 0.3 is 0 Å². The number of aliphatic hydroxyl groups excluding tert-OH is 1. The number of thioether (sulfide) groups is 1. The molecule has 3 heterocycles. The van der Waals surface area contributed by atoms with Gasteiger partial charge < -0.3 is 19.8 Å². The van der Waals surface area contributed by atoms with Crippen molar-refractivity contribution in [1.82, 2.24) is 4.90 Å². The van der Waals surface area contributed by atoms with Crippen LogP contribution in [-0.4, -0.2) is 70.0 Å². The minimum Gasteiger partial charge on any atom is -0.396 e. The average Bonchev–Trinajstić information content (AvgIpc) is 3.58. The highest BCUT2D eigenvalue weighted by Gasteiger charge is 2.76. The van der Waals surface area contributed by atoms with Crippen LogP contribution in [0.25, 0.3) is 0 Å². The van der Waals surface area contributed by atoms with Crippen LogP contribution in [0.5, 0.6) is 0 Å². The van der Waals surface area contributed by atoms with Gasteiger partial charge in [0.25, 0.3) is 5.91 Å². The van der Waals surface area contributed by atoms with Gasteiger partial charge in [-0.15, -0.1) is 24.9 Å². The monoisotopic (exact) mass is 607 g/mol. The van der Waals surface area contributed by atoms with Crippen molar-refractivity contribution in [3.63, 3.8) is 0 Å². The fourth-order valence-corrected chi connectivity index (χ4v) is 9.71. The Hall–Kier alpha value is -3.07. The Kier molecular flexibility index (Phi) is 9.16. The van der Waals surface area contributed by atoms with Gasteiger partial charge in [-0.05, 0) is 61.6 Å². The largest absolute Gasteiger partial charge is 0.396 e. The van der Waals surface area contributed by atoms with E-state index >= 15 is 0 Å². The maximum Gasteiger partial charge on any atom is 0.251 e. The van der Waals surface area contributed by atoms with Crippen molar-refractivity contribution >= 4 is 52.5 Å². The number of carbonyl (C=O) groups excluding carboxylic acids is 3. The second-order valence-corrected chi connectivity index (χ2v) is 13.3. The molecule has 2 aromatic rings. The van der Waals surface area contributed by atoms with Gasteiger partial charge in [-0.3, -0.25) is 14.4 Å². The van der Waals surface area contributed by atoms with Crippen molar-refractivity contribution in [2.45, 2.75) is 42.2 Å². The molecule has 1 N–H and O–H groups in total. The number of hydrogen-bond donors (Lipinski definition) is 1. The lowest BCUT2D eigenvalue weighted by atomic mass is 9.65. The number of aliphatic hydroxyl groups is 1. The number of anilines is 2. The van der Waals surface area contributed by atoms with E-state index in [1.807, 2.05) is 30.3 Å². The minimum absolute atomic E-state index is 0.00447. The maximum absolute atomic E-state index is 14.7. The predicted octanol–water partition coefficient (Wildman–Crippen LogP) is 5.19. The van der Waals surface area contributed by atoms with Crippen molar-refractivity contribution in [2.24, 2.45) is 17.8 Å². The lowest BCUT2D eigenvalue weighted by Crippen LogP contribution is -2.57. The number of rotatable bonds is 12. The molecule has 222 valence electrons. The summed E-state index contributed by atoms with van der Waals surface area (Å²) >= 11 is 7.81. The first-order chi connectivity index (χ1) is 20.3. The van der Waals surface area contributed by atoms with E-state index in [-0.39, 0.29) is 42.0 Å². The molecule has 42 heavy (non-hydrogen) atoms. The second-order valence-electron chi connectivity index (χ2n) is 11.3. The number of likely N-dealkylation sites (tertiary alicyclic amines) is 1. The molecule has 3 unspecified atom stereocenters. The summed E-state index contributed by atoms with van der Waals surface area (Å²) in [5, 5.41) is 9.98. The molecule has 2 bridgehead atoms. The van der Waals surface area contributed by atoms with Crippen LogP contribution in [-0.2, 0) is 14.4 Å². The molecule has 1 spiro atoms. The molecule has 3 saturated heterocycles.